The lowest BCUT2D eigenvalue weighted by molar-refractivity contribution is 0.107. The lowest BCUT2D eigenvalue weighted by Gasteiger charge is -2.11. The quantitative estimate of drug-likeness (QED) is 0.852. The summed E-state index contributed by atoms with van der Waals surface area (Å²) in [4.78, 5) is 0. The van der Waals surface area contributed by atoms with Gasteiger partial charge in [-0.25, -0.2) is 0 Å². The molecule has 4 nitrogen and oxygen atoms in total. The molecule has 1 fully saturated rings. The minimum atomic E-state index is 0.438. The molecule has 1 aliphatic carbocycles. The van der Waals surface area contributed by atoms with Crippen molar-refractivity contribution in [2.45, 2.75) is 57.8 Å². The van der Waals surface area contributed by atoms with Crippen LogP contribution in [0.3, 0.4) is 0 Å². The van der Waals surface area contributed by atoms with Gasteiger partial charge in [-0.2, -0.15) is 5.10 Å². The number of methoxy groups -OCH3 is 1. The first-order valence-corrected chi connectivity index (χ1v) is 6.49. The summed E-state index contributed by atoms with van der Waals surface area (Å²) in [5.41, 5.74) is 1.12. The molecule has 1 aliphatic rings. The molecule has 4 heteroatoms. The van der Waals surface area contributed by atoms with Crippen molar-refractivity contribution in [2.24, 2.45) is 0 Å². The molecule has 0 bridgehead atoms. The number of aromatic nitrogens is 2. The predicted molar refractivity (Wildman–Crippen MR) is 67.9 cm³/mol. The van der Waals surface area contributed by atoms with E-state index in [2.05, 4.69) is 30.3 Å². The molecular formula is C13H23N3O. The predicted octanol–water partition coefficient (Wildman–Crippen LogP) is 2.12. The van der Waals surface area contributed by atoms with E-state index < -0.39 is 0 Å². The van der Waals surface area contributed by atoms with Crippen LogP contribution in [0.4, 0.5) is 0 Å². The lowest BCUT2D eigenvalue weighted by Crippen LogP contribution is -2.26. The van der Waals surface area contributed by atoms with Crippen LogP contribution in [-0.2, 0) is 11.3 Å². The fraction of sp³-hybridized carbons (Fsp3) is 0.769. The number of nitrogens with one attached hydrogen (secondary N) is 1. The van der Waals surface area contributed by atoms with Gasteiger partial charge < -0.3 is 10.1 Å². The molecule has 0 saturated heterocycles. The maximum atomic E-state index is 5.37. The van der Waals surface area contributed by atoms with E-state index in [0.717, 1.165) is 18.7 Å². The minimum Gasteiger partial charge on any atom is -0.381 e. The lowest BCUT2D eigenvalue weighted by atomic mass is 10.2. The second kappa shape index (κ2) is 5.65. The van der Waals surface area contributed by atoms with E-state index in [1.807, 2.05) is 10.9 Å². The molecule has 2 rings (SSSR count). The van der Waals surface area contributed by atoms with E-state index >= 15 is 0 Å². The molecule has 1 aromatic rings. The molecule has 17 heavy (non-hydrogen) atoms. The fourth-order valence-electron chi connectivity index (χ4n) is 2.35. The second-order valence-corrected chi connectivity index (χ2v) is 5.13. The smallest absolute Gasteiger partial charge is 0.0762 e. The van der Waals surface area contributed by atoms with Crippen LogP contribution in [0.15, 0.2) is 12.3 Å². The maximum Gasteiger partial charge on any atom is 0.0762 e. The molecule has 96 valence electrons. The highest BCUT2D eigenvalue weighted by Crippen LogP contribution is 2.21. The average Bonchev–Trinajstić information content (AvgIpc) is 2.95. The van der Waals surface area contributed by atoms with E-state index in [1.54, 1.807) is 7.11 Å². The Morgan fingerprint density at radius 3 is 2.94 bits per heavy atom. The van der Waals surface area contributed by atoms with Crippen LogP contribution in [0, 0.1) is 0 Å². The zero-order chi connectivity index (χ0) is 12.3. The molecule has 0 aromatic carbocycles. The van der Waals surface area contributed by atoms with Crippen LogP contribution in [0.1, 0.15) is 44.8 Å². The zero-order valence-corrected chi connectivity index (χ0v) is 11.0. The van der Waals surface area contributed by atoms with Gasteiger partial charge in [-0.05, 0) is 39.2 Å². The molecule has 1 aromatic heterocycles. The van der Waals surface area contributed by atoms with Gasteiger partial charge in [0.15, 0.2) is 0 Å². The minimum absolute atomic E-state index is 0.438. The number of rotatable bonds is 5. The van der Waals surface area contributed by atoms with E-state index in [9.17, 15) is 0 Å². The van der Waals surface area contributed by atoms with Gasteiger partial charge in [0.2, 0.25) is 0 Å². The van der Waals surface area contributed by atoms with Crippen molar-refractivity contribution >= 4 is 0 Å². The Bertz CT molecular complexity index is 348. The molecule has 1 N–H and O–H groups in total. The first-order chi connectivity index (χ1) is 8.19. The first-order valence-electron chi connectivity index (χ1n) is 6.49. The molecular weight excluding hydrogens is 214 g/mol. The van der Waals surface area contributed by atoms with Crippen LogP contribution in [0.25, 0.3) is 0 Å². The van der Waals surface area contributed by atoms with Gasteiger partial charge in [0.05, 0.1) is 11.8 Å². The third kappa shape index (κ3) is 3.30. The molecule has 0 radical (unpaired) electrons. The number of hydrogen-bond acceptors (Lipinski definition) is 3. The highest BCUT2D eigenvalue weighted by atomic mass is 16.5. The number of hydrogen-bond donors (Lipinski definition) is 1. The third-order valence-corrected chi connectivity index (χ3v) is 3.48. The topological polar surface area (TPSA) is 39.1 Å². The molecule has 1 saturated carbocycles. The molecule has 1 heterocycles. The van der Waals surface area contributed by atoms with Gasteiger partial charge in [0, 0.05) is 31.9 Å². The fourth-order valence-corrected chi connectivity index (χ4v) is 2.35. The van der Waals surface area contributed by atoms with Gasteiger partial charge >= 0.3 is 0 Å². The van der Waals surface area contributed by atoms with E-state index in [0.29, 0.717) is 18.2 Å². The van der Waals surface area contributed by atoms with Crippen LogP contribution >= 0.6 is 0 Å². The van der Waals surface area contributed by atoms with Gasteiger partial charge in [-0.15, -0.1) is 0 Å². The van der Waals surface area contributed by atoms with Gasteiger partial charge in [-0.3, -0.25) is 4.68 Å². The Balaban J connectivity index is 1.78. The van der Waals surface area contributed by atoms with Crippen LogP contribution in [0.2, 0.25) is 0 Å². The Kier molecular flexibility index (Phi) is 4.18. The Hall–Kier alpha value is -0.870. The average molecular weight is 237 g/mol. The number of nitrogens with zero attached hydrogens (tertiary/aromatic N) is 2. The van der Waals surface area contributed by atoms with E-state index in [4.69, 9.17) is 4.74 Å². The Labute approximate surface area is 103 Å². The van der Waals surface area contributed by atoms with E-state index in [-0.39, 0.29) is 0 Å². The molecule has 0 amide bonds. The largest absolute Gasteiger partial charge is 0.381 e. The van der Waals surface area contributed by atoms with Crippen molar-refractivity contribution in [3.05, 3.63) is 18.0 Å². The van der Waals surface area contributed by atoms with Crippen molar-refractivity contribution < 1.29 is 4.74 Å². The zero-order valence-electron chi connectivity index (χ0n) is 11.0. The summed E-state index contributed by atoms with van der Waals surface area (Å²) in [5.74, 6) is 0. The molecule has 2 atom stereocenters. The summed E-state index contributed by atoms with van der Waals surface area (Å²) in [6, 6.07) is 3.12. The summed E-state index contributed by atoms with van der Waals surface area (Å²) >= 11 is 0. The SMILES string of the molecule is COC1CCC(NCc2ccn(C(C)C)n2)C1. The van der Waals surface area contributed by atoms with E-state index in [1.165, 1.54) is 12.8 Å². The third-order valence-electron chi connectivity index (χ3n) is 3.48. The van der Waals surface area contributed by atoms with Crippen molar-refractivity contribution in [1.82, 2.24) is 15.1 Å². The second-order valence-electron chi connectivity index (χ2n) is 5.13. The Morgan fingerprint density at radius 1 is 1.53 bits per heavy atom. The molecule has 0 spiro atoms. The highest BCUT2D eigenvalue weighted by Gasteiger charge is 2.23. The summed E-state index contributed by atoms with van der Waals surface area (Å²) < 4.78 is 7.37. The maximum absolute atomic E-state index is 5.37. The van der Waals surface area contributed by atoms with Crippen LogP contribution < -0.4 is 5.32 Å². The number of ether oxygens (including phenoxy) is 1. The van der Waals surface area contributed by atoms with Gasteiger partial charge in [0.25, 0.3) is 0 Å². The molecule has 2 unspecified atom stereocenters. The summed E-state index contributed by atoms with van der Waals surface area (Å²) in [6.45, 7) is 5.15. The van der Waals surface area contributed by atoms with Crippen molar-refractivity contribution in [1.29, 1.82) is 0 Å². The summed E-state index contributed by atoms with van der Waals surface area (Å²) in [5, 5.41) is 8.09. The first kappa shape index (κ1) is 12.6. The highest BCUT2D eigenvalue weighted by molar-refractivity contribution is 4.99. The Morgan fingerprint density at radius 2 is 2.35 bits per heavy atom. The van der Waals surface area contributed by atoms with Crippen molar-refractivity contribution in [3.63, 3.8) is 0 Å². The molecule has 0 aliphatic heterocycles. The van der Waals surface area contributed by atoms with Crippen molar-refractivity contribution in [2.75, 3.05) is 7.11 Å². The summed E-state index contributed by atoms with van der Waals surface area (Å²) in [7, 11) is 1.80. The standard InChI is InChI=1S/C13H23N3O/c1-10(2)16-7-6-12(15-16)9-14-11-4-5-13(8-11)17-3/h6-7,10-11,13-14H,4-5,8-9H2,1-3H3. The normalized spacial score (nSPS) is 24.7. The van der Waals surface area contributed by atoms with Crippen LogP contribution in [-0.4, -0.2) is 29.0 Å². The van der Waals surface area contributed by atoms with Gasteiger partial charge in [0.1, 0.15) is 0 Å². The summed E-state index contributed by atoms with van der Waals surface area (Å²) in [6.07, 6.45) is 6.01. The monoisotopic (exact) mass is 237 g/mol. The van der Waals surface area contributed by atoms with Crippen molar-refractivity contribution in [3.8, 4) is 0 Å². The van der Waals surface area contributed by atoms with Crippen LogP contribution in [0.5, 0.6) is 0 Å². The van der Waals surface area contributed by atoms with Gasteiger partial charge in [-0.1, -0.05) is 0 Å².